The van der Waals surface area contributed by atoms with Gasteiger partial charge in [0.2, 0.25) is 5.91 Å². The first-order valence-corrected chi connectivity index (χ1v) is 7.96. The first-order valence-electron chi connectivity index (χ1n) is 7.96. The number of amides is 2. The summed E-state index contributed by atoms with van der Waals surface area (Å²) in [6, 6.07) is 3.35. The molecule has 1 N–H and O–H groups in total. The lowest BCUT2D eigenvalue weighted by Crippen LogP contribution is -2.46. The predicted molar refractivity (Wildman–Crippen MR) is 79.3 cm³/mol. The molecule has 2 atom stereocenters. The summed E-state index contributed by atoms with van der Waals surface area (Å²) in [7, 11) is 0. The second kappa shape index (κ2) is 6.96. The van der Waals surface area contributed by atoms with Crippen molar-refractivity contribution in [1.82, 2.24) is 10.2 Å². The summed E-state index contributed by atoms with van der Waals surface area (Å²) < 4.78 is 10.7. The Labute approximate surface area is 129 Å². The summed E-state index contributed by atoms with van der Waals surface area (Å²) in [6.45, 7) is 2.49. The van der Waals surface area contributed by atoms with Crippen LogP contribution in [0.2, 0.25) is 0 Å². The summed E-state index contributed by atoms with van der Waals surface area (Å²) >= 11 is 0. The molecule has 120 valence electrons. The molecule has 0 spiro atoms. The highest BCUT2D eigenvalue weighted by Gasteiger charge is 2.30. The molecule has 2 amide bonds. The maximum atomic E-state index is 12.3. The first-order chi connectivity index (χ1) is 10.7. The Morgan fingerprint density at radius 1 is 1.32 bits per heavy atom. The van der Waals surface area contributed by atoms with Gasteiger partial charge in [-0.05, 0) is 37.8 Å². The van der Waals surface area contributed by atoms with E-state index in [0.29, 0.717) is 25.4 Å². The lowest BCUT2D eigenvalue weighted by atomic mass is 9.97. The Morgan fingerprint density at radius 3 is 2.95 bits per heavy atom. The molecule has 6 nitrogen and oxygen atoms in total. The van der Waals surface area contributed by atoms with Gasteiger partial charge in [-0.15, -0.1) is 0 Å². The van der Waals surface area contributed by atoms with Gasteiger partial charge in [-0.1, -0.05) is 0 Å². The lowest BCUT2D eigenvalue weighted by Gasteiger charge is -2.31. The summed E-state index contributed by atoms with van der Waals surface area (Å²) in [5.41, 5.74) is 0. The van der Waals surface area contributed by atoms with Crippen LogP contribution < -0.4 is 5.32 Å². The van der Waals surface area contributed by atoms with Gasteiger partial charge in [-0.25, -0.2) is 0 Å². The van der Waals surface area contributed by atoms with Gasteiger partial charge in [-0.3, -0.25) is 9.59 Å². The van der Waals surface area contributed by atoms with E-state index in [1.807, 2.05) is 0 Å². The van der Waals surface area contributed by atoms with Gasteiger partial charge in [0.1, 0.15) is 0 Å². The van der Waals surface area contributed by atoms with Gasteiger partial charge < -0.3 is 19.4 Å². The molecule has 6 heteroatoms. The number of hydrogen-bond donors (Lipinski definition) is 1. The molecule has 0 bridgehead atoms. The smallest absolute Gasteiger partial charge is 0.289 e. The van der Waals surface area contributed by atoms with E-state index >= 15 is 0 Å². The molecule has 2 fully saturated rings. The van der Waals surface area contributed by atoms with Gasteiger partial charge in [0.25, 0.3) is 5.91 Å². The number of piperidine rings is 1. The van der Waals surface area contributed by atoms with Crippen LogP contribution in [0.25, 0.3) is 0 Å². The van der Waals surface area contributed by atoms with E-state index in [-0.39, 0.29) is 23.8 Å². The number of nitrogens with zero attached hydrogens (tertiary/aromatic N) is 1. The van der Waals surface area contributed by atoms with Crippen molar-refractivity contribution < 1.29 is 18.7 Å². The van der Waals surface area contributed by atoms with E-state index in [1.165, 1.54) is 6.26 Å². The molecule has 0 radical (unpaired) electrons. The molecule has 2 aliphatic rings. The molecule has 0 saturated carbocycles. The monoisotopic (exact) mass is 306 g/mol. The summed E-state index contributed by atoms with van der Waals surface area (Å²) in [5.74, 6) is 0.0727. The summed E-state index contributed by atoms with van der Waals surface area (Å²) in [5, 5.41) is 2.96. The molecule has 1 aromatic rings. The van der Waals surface area contributed by atoms with Crippen LogP contribution in [0, 0.1) is 5.92 Å². The molecule has 0 unspecified atom stereocenters. The van der Waals surface area contributed by atoms with E-state index in [1.54, 1.807) is 17.0 Å². The largest absolute Gasteiger partial charge is 0.459 e. The van der Waals surface area contributed by atoms with Crippen molar-refractivity contribution >= 4 is 11.8 Å². The van der Waals surface area contributed by atoms with Crippen LogP contribution >= 0.6 is 0 Å². The maximum Gasteiger partial charge on any atom is 0.289 e. The highest BCUT2D eigenvalue weighted by molar-refractivity contribution is 5.92. The minimum Gasteiger partial charge on any atom is -0.459 e. The van der Waals surface area contributed by atoms with Crippen molar-refractivity contribution in [3.8, 4) is 0 Å². The maximum absolute atomic E-state index is 12.3. The van der Waals surface area contributed by atoms with Crippen molar-refractivity contribution in [2.24, 2.45) is 5.92 Å². The number of carbonyl (C=O) groups excluding carboxylic acids is 2. The molecule has 22 heavy (non-hydrogen) atoms. The average Bonchev–Trinajstić information content (AvgIpc) is 3.25. The minimum absolute atomic E-state index is 0.0208. The Bertz CT molecular complexity index is 508. The van der Waals surface area contributed by atoms with Crippen molar-refractivity contribution in [1.29, 1.82) is 0 Å². The van der Waals surface area contributed by atoms with Gasteiger partial charge in [0.05, 0.1) is 18.3 Å². The number of hydrogen-bond acceptors (Lipinski definition) is 4. The number of carbonyl (C=O) groups is 2. The Morgan fingerprint density at radius 2 is 2.23 bits per heavy atom. The third kappa shape index (κ3) is 3.50. The van der Waals surface area contributed by atoms with Gasteiger partial charge in [0.15, 0.2) is 5.76 Å². The summed E-state index contributed by atoms with van der Waals surface area (Å²) in [4.78, 5) is 26.3. The van der Waals surface area contributed by atoms with E-state index < -0.39 is 0 Å². The van der Waals surface area contributed by atoms with Crippen molar-refractivity contribution in [2.45, 2.75) is 31.8 Å². The SMILES string of the molecule is O=C(NC[C@H]1CCCO1)[C@H]1CCCN(C(=O)c2ccco2)C1. The third-order valence-electron chi connectivity index (χ3n) is 4.34. The van der Waals surface area contributed by atoms with Crippen LogP contribution in [0.15, 0.2) is 22.8 Å². The molecule has 1 aromatic heterocycles. The zero-order valence-corrected chi connectivity index (χ0v) is 12.6. The van der Waals surface area contributed by atoms with Crippen LogP contribution in [0.3, 0.4) is 0 Å². The predicted octanol–water partition coefficient (Wildman–Crippen LogP) is 1.43. The molecular weight excluding hydrogens is 284 g/mol. The Hall–Kier alpha value is -1.82. The number of nitrogens with one attached hydrogen (secondary N) is 1. The second-order valence-corrected chi connectivity index (χ2v) is 5.95. The average molecular weight is 306 g/mol. The normalized spacial score (nSPS) is 25.2. The van der Waals surface area contributed by atoms with Crippen molar-refractivity contribution in [2.75, 3.05) is 26.2 Å². The van der Waals surface area contributed by atoms with Crippen LogP contribution in [0.4, 0.5) is 0 Å². The molecule has 2 aliphatic heterocycles. The van der Waals surface area contributed by atoms with Crippen LogP contribution in [0.5, 0.6) is 0 Å². The van der Waals surface area contributed by atoms with E-state index in [4.69, 9.17) is 9.15 Å². The summed E-state index contributed by atoms with van der Waals surface area (Å²) in [6.07, 6.45) is 5.37. The molecule has 3 heterocycles. The highest BCUT2D eigenvalue weighted by Crippen LogP contribution is 2.19. The molecular formula is C16H22N2O4. The zero-order chi connectivity index (χ0) is 15.4. The van der Waals surface area contributed by atoms with E-state index in [9.17, 15) is 9.59 Å². The fraction of sp³-hybridized carbons (Fsp3) is 0.625. The molecule has 3 rings (SSSR count). The van der Waals surface area contributed by atoms with E-state index in [0.717, 1.165) is 32.3 Å². The van der Waals surface area contributed by atoms with Crippen molar-refractivity contribution in [3.05, 3.63) is 24.2 Å². The molecule has 2 saturated heterocycles. The molecule has 0 aromatic carbocycles. The second-order valence-electron chi connectivity index (χ2n) is 5.95. The fourth-order valence-electron chi connectivity index (χ4n) is 3.10. The Kier molecular flexibility index (Phi) is 4.77. The van der Waals surface area contributed by atoms with Crippen molar-refractivity contribution in [3.63, 3.8) is 0 Å². The van der Waals surface area contributed by atoms with Crippen LogP contribution in [-0.2, 0) is 9.53 Å². The standard InChI is InChI=1S/C16H22N2O4/c19-15(17-10-13-5-2-8-21-13)12-4-1-7-18(11-12)16(20)14-6-3-9-22-14/h3,6,9,12-13H,1-2,4-5,7-8,10-11H2,(H,17,19)/t12-,13+/m0/s1. The number of likely N-dealkylation sites (tertiary alicyclic amines) is 1. The third-order valence-corrected chi connectivity index (χ3v) is 4.34. The van der Waals surface area contributed by atoms with Gasteiger partial charge in [0, 0.05) is 26.2 Å². The van der Waals surface area contributed by atoms with Gasteiger partial charge in [-0.2, -0.15) is 0 Å². The van der Waals surface area contributed by atoms with Crippen LogP contribution in [-0.4, -0.2) is 49.1 Å². The topological polar surface area (TPSA) is 71.8 Å². The zero-order valence-electron chi connectivity index (χ0n) is 12.6. The highest BCUT2D eigenvalue weighted by atomic mass is 16.5. The minimum atomic E-state index is -0.144. The number of furan rings is 1. The fourth-order valence-corrected chi connectivity index (χ4v) is 3.10. The number of ether oxygens (including phenoxy) is 1. The number of rotatable bonds is 4. The quantitative estimate of drug-likeness (QED) is 0.913. The lowest BCUT2D eigenvalue weighted by molar-refractivity contribution is -0.126. The Balaban J connectivity index is 1.51. The molecule has 0 aliphatic carbocycles. The van der Waals surface area contributed by atoms with E-state index in [2.05, 4.69) is 5.32 Å². The van der Waals surface area contributed by atoms with Gasteiger partial charge >= 0.3 is 0 Å². The van der Waals surface area contributed by atoms with Crippen LogP contribution in [0.1, 0.15) is 36.2 Å². The first kappa shape index (κ1) is 15.1.